The van der Waals surface area contributed by atoms with E-state index in [-0.39, 0.29) is 26.4 Å². The summed E-state index contributed by atoms with van der Waals surface area (Å²) < 4.78 is 60.2. The molecule has 1 N–H and O–H groups in total. The molecule has 2 fully saturated rings. The third-order valence-corrected chi connectivity index (χ3v) is 8.81. The molecule has 0 aliphatic carbocycles. The van der Waals surface area contributed by atoms with Gasteiger partial charge in [0, 0.05) is 27.7 Å². The number of esters is 4. The number of aliphatic hydroxyl groups excluding tert-OH is 1. The van der Waals surface area contributed by atoms with E-state index >= 15 is 0 Å². The molecule has 5 rings (SSSR count). The minimum atomic E-state index is -1.59. The fourth-order valence-corrected chi connectivity index (χ4v) is 6.41. The summed E-state index contributed by atoms with van der Waals surface area (Å²) in [6.07, 6.45) is -13.3. The lowest BCUT2D eigenvalue weighted by molar-refractivity contribution is -0.365. The number of aliphatic hydroxyl groups is 1. The van der Waals surface area contributed by atoms with Crippen LogP contribution >= 0.6 is 0 Å². The molecule has 2 aliphatic rings. The van der Waals surface area contributed by atoms with Crippen molar-refractivity contribution in [1.29, 1.82) is 0 Å². The van der Waals surface area contributed by atoms with Crippen molar-refractivity contribution in [2.45, 2.75) is 109 Å². The minimum absolute atomic E-state index is 0.0550. The maximum absolute atomic E-state index is 12.6. The summed E-state index contributed by atoms with van der Waals surface area (Å²) in [5.74, 6) is -3.05. The van der Waals surface area contributed by atoms with Gasteiger partial charge in [0.15, 0.2) is 30.9 Å². The van der Waals surface area contributed by atoms with Gasteiger partial charge in [-0.1, -0.05) is 91.0 Å². The molecule has 302 valence electrons. The predicted molar refractivity (Wildman–Crippen MR) is 194 cm³/mol. The first-order chi connectivity index (χ1) is 27.0. The zero-order chi connectivity index (χ0) is 40.0. The molecular formula is C41H48O15. The third-order valence-electron chi connectivity index (χ3n) is 8.81. The van der Waals surface area contributed by atoms with E-state index in [1.165, 1.54) is 6.92 Å². The van der Waals surface area contributed by atoms with Crippen LogP contribution in [0.25, 0.3) is 0 Å². The first kappa shape index (κ1) is 42.4. The van der Waals surface area contributed by atoms with Crippen LogP contribution in [0.15, 0.2) is 91.0 Å². The molecule has 3 aromatic carbocycles. The van der Waals surface area contributed by atoms with Crippen molar-refractivity contribution >= 4 is 23.9 Å². The van der Waals surface area contributed by atoms with Gasteiger partial charge in [0.25, 0.3) is 0 Å². The zero-order valence-corrected chi connectivity index (χ0v) is 31.6. The highest BCUT2D eigenvalue weighted by Crippen LogP contribution is 2.35. The minimum Gasteiger partial charge on any atom is -0.463 e. The van der Waals surface area contributed by atoms with E-state index in [0.717, 1.165) is 37.5 Å². The Balaban J connectivity index is 1.54. The lowest BCUT2D eigenvalue weighted by Gasteiger charge is -2.48. The normalized spacial score (nSPS) is 27.4. The number of carbonyl (C=O) groups excluding carboxylic acids is 4. The number of hydrogen-bond donors (Lipinski definition) is 1. The molecule has 0 bridgehead atoms. The van der Waals surface area contributed by atoms with E-state index in [1.807, 2.05) is 91.0 Å². The van der Waals surface area contributed by atoms with Crippen molar-refractivity contribution in [3.63, 3.8) is 0 Å². The van der Waals surface area contributed by atoms with Crippen LogP contribution in [0, 0.1) is 0 Å². The number of ether oxygens (including phenoxy) is 10. The zero-order valence-electron chi connectivity index (χ0n) is 31.6. The first-order valence-electron chi connectivity index (χ1n) is 18.2. The molecule has 2 aliphatic heterocycles. The van der Waals surface area contributed by atoms with E-state index in [4.69, 9.17) is 47.4 Å². The van der Waals surface area contributed by atoms with E-state index in [2.05, 4.69) is 0 Å². The Morgan fingerprint density at radius 3 is 1.50 bits per heavy atom. The van der Waals surface area contributed by atoms with Crippen molar-refractivity contribution in [3.8, 4) is 0 Å². The second-order valence-corrected chi connectivity index (χ2v) is 13.3. The van der Waals surface area contributed by atoms with Crippen molar-refractivity contribution in [3.05, 3.63) is 108 Å². The predicted octanol–water partition coefficient (Wildman–Crippen LogP) is 3.56. The lowest BCUT2D eigenvalue weighted by atomic mass is 9.96. The average Bonchev–Trinajstić information content (AvgIpc) is 3.16. The van der Waals surface area contributed by atoms with Crippen molar-refractivity contribution in [2.75, 3.05) is 13.2 Å². The molecule has 0 aromatic heterocycles. The maximum Gasteiger partial charge on any atom is 0.303 e. The van der Waals surface area contributed by atoms with Gasteiger partial charge in [-0.25, -0.2) is 0 Å². The standard InChI is InChI=1S/C41H48O15/c1-25(42)48-24-33-35(51-26(2)43)37(52-27(3)44)39(53-28(4)45)41(55-33)56-34-32(23-47-20-29-14-8-5-9-15-29)54-40(46)38(50-22-31-18-12-7-13-19-31)36(34)49-21-30-16-10-6-11-17-30/h5-19,32-41,46H,20-24H2,1-4H3. The Bertz CT molecular complexity index is 1690. The van der Waals surface area contributed by atoms with Crippen LogP contribution in [0.3, 0.4) is 0 Å². The average molecular weight is 781 g/mol. The number of benzene rings is 3. The van der Waals surface area contributed by atoms with Gasteiger partial charge in [-0.15, -0.1) is 0 Å². The Morgan fingerprint density at radius 1 is 0.518 bits per heavy atom. The van der Waals surface area contributed by atoms with Gasteiger partial charge in [-0.05, 0) is 16.7 Å². The number of hydrogen-bond acceptors (Lipinski definition) is 15. The van der Waals surface area contributed by atoms with Crippen LogP contribution in [0.5, 0.6) is 0 Å². The van der Waals surface area contributed by atoms with E-state index < -0.39 is 91.9 Å². The summed E-state index contributed by atoms with van der Waals surface area (Å²) in [7, 11) is 0. The van der Waals surface area contributed by atoms with Crippen molar-refractivity contribution in [1.82, 2.24) is 0 Å². The third kappa shape index (κ3) is 12.4. The molecule has 56 heavy (non-hydrogen) atoms. The van der Waals surface area contributed by atoms with Crippen LogP contribution < -0.4 is 0 Å². The highest BCUT2D eigenvalue weighted by molar-refractivity contribution is 5.68. The molecule has 2 saturated heterocycles. The second kappa shape index (κ2) is 21.0. The molecule has 10 atom stereocenters. The van der Waals surface area contributed by atoms with Crippen LogP contribution in [0.4, 0.5) is 0 Å². The summed E-state index contributed by atoms with van der Waals surface area (Å²) in [6, 6.07) is 28.0. The van der Waals surface area contributed by atoms with Gasteiger partial charge in [-0.2, -0.15) is 0 Å². The molecule has 0 amide bonds. The lowest BCUT2D eigenvalue weighted by Crippen LogP contribution is -2.66. The molecule has 2 heterocycles. The molecule has 0 spiro atoms. The van der Waals surface area contributed by atoms with Gasteiger partial charge in [-0.3, -0.25) is 19.2 Å². The second-order valence-electron chi connectivity index (χ2n) is 13.3. The van der Waals surface area contributed by atoms with Gasteiger partial charge < -0.3 is 52.5 Å². The summed E-state index contributed by atoms with van der Waals surface area (Å²) >= 11 is 0. The molecule has 10 unspecified atom stereocenters. The summed E-state index contributed by atoms with van der Waals surface area (Å²) in [5.41, 5.74) is 2.49. The van der Waals surface area contributed by atoms with Crippen LogP contribution in [0.2, 0.25) is 0 Å². The Morgan fingerprint density at radius 2 is 0.982 bits per heavy atom. The molecule has 3 aromatic rings. The molecule has 15 heteroatoms. The van der Waals surface area contributed by atoms with Crippen LogP contribution in [-0.4, -0.2) is 104 Å². The summed E-state index contributed by atoms with van der Waals surface area (Å²) in [6.45, 7) is 4.29. The Hall–Kier alpha value is -4.74. The summed E-state index contributed by atoms with van der Waals surface area (Å²) in [5, 5.41) is 11.5. The van der Waals surface area contributed by atoms with Crippen molar-refractivity contribution in [2.24, 2.45) is 0 Å². The highest BCUT2D eigenvalue weighted by Gasteiger charge is 2.56. The monoisotopic (exact) mass is 780 g/mol. The fraction of sp³-hybridized carbons (Fsp3) is 0.463. The smallest absolute Gasteiger partial charge is 0.303 e. The van der Waals surface area contributed by atoms with Gasteiger partial charge in [0.1, 0.15) is 37.1 Å². The number of rotatable bonds is 17. The summed E-state index contributed by atoms with van der Waals surface area (Å²) in [4.78, 5) is 49.4. The highest BCUT2D eigenvalue weighted by atomic mass is 16.8. The quantitative estimate of drug-likeness (QED) is 0.155. The fourth-order valence-electron chi connectivity index (χ4n) is 6.41. The van der Waals surface area contributed by atoms with Gasteiger partial charge in [0.05, 0.1) is 26.4 Å². The molecule has 0 saturated carbocycles. The van der Waals surface area contributed by atoms with Crippen LogP contribution in [-0.2, 0) is 86.4 Å². The SMILES string of the molecule is CC(=O)OCC1OC(OC2C(COCc3ccccc3)OC(O)C(OCc3ccccc3)C2OCc2ccccc2)C(OC(C)=O)C(OC(C)=O)C1OC(C)=O. The Labute approximate surface area is 325 Å². The number of carbonyl (C=O) groups is 4. The molecule has 0 radical (unpaired) electrons. The Kier molecular flexibility index (Phi) is 15.9. The van der Waals surface area contributed by atoms with Crippen LogP contribution in [0.1, 0.15) is 44.4 Å². The molecule has 15 nitrogen and oxygen atoms in total. The van der Waals surface area contributed by atoms with E-state index in [9.17, 15) is 24.3 Å². The van der Waals surface area contributed by atoms with E-state index in [0.29, 0.717) is 0 Å². The first-order valence-corrected chi connectivity index (χ1v) is 18.2. The topological polar surface area (TPSA) is 181 Å². The van der Waals surface area contributed by atoms with Gasteiger partial charge >= 0.3 is 23.9 Å². The van der Waals surface area contributed by atoms with Gasteiger partial charge in [0.2, 0.25) is 0 Å². The maximum atomic E-state index is 12.6. The van der Waals surface area contributed by atoms with E-state index in [1.54, 1.807) is 0 Å². The molecular weight excluding hydrogens is 732 g/mol. The largest absolute Gasteiger partial charge is 0.463 e. The van der Waals surface area contributed by atoms with Crippen molar-refractivity contribution < 1.29 is 71.7 Å².